The fraction of sp³-hybridized carbons (Fsp3) is 0.393. The van der Waals surface area contributed by atoms with Gasteiger partial charge in [0.1, 0.15) is 29.9 Å². The summed E-state index contributed by atoms with van der Waals surface area (Å²) in [4.78, 5) is 50.5. The molecule has 40 heavy (non-hydrogen) atoms. The van der Waals surface area contributed by atoms with Crippen LogP contribution in [0.1, 0.15) is 24.0 Å². The second-order valence-corrected chi connectivity index (χ2v) is 16.4. The van der Waals surface area contributed by atoms with Crippen molar-refractivity contribution in [1.29, 1.82) is 0 Å². The van der Waals surface area contributed by atoms with Crippen LogP contribution in [0.25, 0.3) is 21.8 Å². The Morgan fingerprint density at radius 3 is 2.23 bits per heavy atom. The quantitative estimate of drug-likeness (QED) is 0.193. The van der Waals surface area contributed by atoms with Gasteiger partial charge in [0.05, 0.1) is 42.4 Å². The summed E-state index contributed by atoms with van der Waals surface area (Å²) in [7, 11) is 1.66. The Bertz CT molecular complexity index is 1660. The summed E-state index contributed by atoms with van der Waals surface area (Å²) in [6.07, 6.45) is -0.302. The molecule has 0 aliphatic rings. The van der Waals surface area contributed by atoms with Crippen LogP contribution in [0.15, 0.2) is 46.0 Å². The lowest BCUT2D eigenvalue weighted by Crippen LogP contribution is -2.29. The lowest BCUT2D eigenvalue weighted by Gasteiger charge is -2.20. The molecule has 4 rings (SSSR count). The van der Waals surface area contributed by atoms with Crippen LogP contribution in [-0.4, -0.2) is 59.5 Å². The topological polar surface area (TPSA) is 146 Å². The van der Waals surface area contributed by atoms with Gasteiger partial charge < -0.3 is 24.3 Å². The molecule has 0 aliphatic heterocycles. The van der Waals surface area contributed by atoms with E-state index in [1.807, 2.05) is 0 Å². The van der Waals surface area contributed by atoms with E-state index in [-0.39, 0.29) is 31.0 Å². The van der Waals surface area contributed by atoms with E-state index >= 15 is 0 Å². The van der Waals surface area contributed by atoms with Gasteiger partial charge in [0, 0.05) is 27.0 Å². The summed E-state index contributed by atoms with van der Waals surface area (Å²) in [6, 6.07) is 10.8. The molecule has 4 aromatic rings. The van der Waals surface area contributed by atoms with E-state index < -0.39 is 25.5 Å². The number of ether oxygens (including phenoxy) is 3. The van der Waals surface area contributed by atoms with Crippen molar-refractivity contribution in [3.8, 4) is 11.5 Å². The Balaban J connectivity index is 1.78. The number of aromatic amines is 1. The minimum atomic E-state index is -1.36. The summed E-state index contributed by atoms with van der Waals surface area (Å²) >= 11 is 0. The summed E-state index contributed by atoms with van der Waals surface area (Å²) in [5, 5.41) is 10.4. The van der Waals surface area contributed by atoms with Crippen LogP contribution >= 0.6 is 0 Å². The Morgan fingerprint density at radius 2 is 1.62 bits per heavy atom. The zero-order chi connectivity index (χ0) is 29.0. The maximum Gasteiger partial charge on any atom is 0.304 e. The number of aliphatic carboxylic acids is 1. The number of carbonyl (C=O) groups is 1. The van der Waals surface area contributed by atoms with Gasteiger partial charge in [-0.15, -0.1) is 0 Å². The first kappa shape index (κ1) is 29.0. The van der Waals surface area contributed by atoms with Gasteiger partial charge in [0.15, 0.2) is 0 Å². The first-order valence-electron chi connectivity index (χ1n) is 12.9. The number of rotatable bonds is 12. The molecule has 2 aromatic heterocycles. The van der Waals surface area contributed by atoms with Crippen molar-refractivity contribution in [3.05, 3.63) is 68.8 Å². The van der Waals surface area contributed by atoms with Crippen molar-refractivity contribution >= 4 is 35.8 Å². The van der Waals surface area contributed by atoms with Crippen molar-refractivity contribution in [2.75, 3.05) is 20.8 Å². The molecule has 0 bridgehead atoms. The van der Waals surface area contributed by atoms with E-state index in [1.165, 1.54) is 18.8 Å². The van der Waals surface area contributed by atoms with E-state index in [0.29, 0.717) is 45.7 Å². The predicted octanol–water partition coefficient (Wildman–Crippen LogP) is 3.76. The van der Waals surface area contributed by atoms with Crippen LogP contribution in [0.2, 0.25) is 25.7 Å². The van der Waals surface area contributed by atoms with E-state index in [0.717, 1.165) is 6.04 Å². The number of methoxy groups -OCH3 is 2. The molecule has 11 nitrogen and oxygen atoms in total. The molecule has 0 radical (unpaired) electrons. The van der Waals surface area contributed by atoms with Gasteiger partial charge >= 0.3 is 5.97 Å². The Labute approximate surface area is 231 Å². The molecule has 0 fully saturated rings. The van der Waals surface area contributed by atoms with Crippen molar-refractivity contribution < 1.29 is 24.1 Å². The molecule has 2 N–H and O–H groups in total. The van der Waals surface area contributed by atoms with Crippen LogP contribution in [0.3, 0.4) is 0 Å². The molecule has 0 aliphatic carbocycles. The standard InChI is InChI=1S/C28H34N4O7Si/c1-37-18-6-8-22-20(14-18)27(35)31-26(30-22)17(13-25(33)34)12-24-29-23-9-7-19(38-2)15-21(23)28(36)32(24)16-39-10-11-40(3,4)5/h6-9,14-15,17H,10-13,16H2,1-5H3,(H,33,34)(H,30,31,35). The fourth-order valence-corrected chi connectivity index (χ4v) is 5.11. The molecule has 1 unspecified atom stereocenters. The molecule has 0 spiro atoms. The minimum Gasteiger partial charge on any atom is -0.497 e. The zero-order valence-corrected chi connectivity index (χ0v) is 24.3. The van der Waals surface area contributed by atoms with Crippen molar-refractivity contribution in [2.24, 2.45) is 0 Å². The molecular weight excluding hydrogens is 532 g/mol. The molecule has 0 amide bonds. The van der Waals surface area contributed by atoms with E-state index in [4.69, 9.17) is 19.2 Å². The highest BCUT2D eigenvalue weighted by Crippen LogP contribution is 2.25. The number of aromatic nitrogens is 4. The molecule has 2 aromatic carbocycles. The van der Waals surface area contributed by atoms with Gasteiger partial charge in [0.25, 0.3) is 11.1 Å². The number of fused-ring (bicyclic) bond motifs is 2. The number of nitrogens with zero attached hydrogens (tertiary/aromatic N) is 3. The van der Waals surface area contributed by atoms with Crippen LogP contribution < -0.4 is 20.6 Å². The zero-order valence-electron chi connectivity index (χ0n) is 23.3. The lowest BCUT2D eigenvalue weighted by molar-refractivity contribution is -0.137. The number of carboxylic acids is 1. The largest absolute Gasteiger partial charge is 0.497 e. The molecule has 0 saturated heterocycles. The molecule has 212 valence electrons. The monoisotopic (exact) mass is 566 g/mol. The number of hydrogen-bond acceptors (Lipinski definition) is 8. The smallest absolute Gasteiger partial charge is 0.304 e. The van der Waals surface area contributed by atoms with Gasteiger partial charge in [-0.2, -0.15) is 0 Å². The Kier molecular flexibility index (Phi) is 8.69. The predicted molar refractivity (Wildman–Crippen MR) is 154 cm³/mol. The summed E-state index contributed by atoms with van der Waals surface area (Å²) < 4.78 is 17.8. The van der Waals surface area contributed by atoms with Crippen molar-refractivity contribution in [3.63, 3.8) is 0 Å². The normalized spacial score (nSPS) is 12.5. The second-order valence-electron chi connectivity index (χ2n) is 10.8. The highest BCUT2D eigenvalue weighted by molar-refractivity contribution is 6.76. The van der Waals surface area contributed by atoms with E-state index in [9.17, 15) is 19.5 Å². The summed E-state index contributed by atoms with van der Waals surface area (Å²) in [6.45, 7) is 7.16. The van der Waals surface area contributed by atoms with Crippen LogP contribution in [0, 0.1) is 0 Å². The SMILES string of the molecule is COc1ccc2nc(C(CC(=O)O)Cc3nc4ccc(OC)cc4c(=O)n3COCC[Si](C)(C)C)[nH]c(=O)c2c1. The van der Waals surface area contributed by atoms with E-state index in [2.05, 4.69) is 29.6 Å². The third-order valence-corrected chi connectivity index (χ3v) is 8.33. The second kappa shape index (κ2) is 12.0. The number of nitrogens with one attached hydrogen (secondary N) is 1. The third kappa shape index (κ3) is 6.75. The summed E-state index contributed by atoms with van der Waals surface area (Å²) in [5.74, 6) is -0.297. The Hall–Kier alpha value is -4.03. The average Bonchev–Trinajstić information content (AvgIpc) is 2.90. The van der Waals surface area contributed by atoms with Crippen molar-refractivity contribution in [1.82, 2.24) is 19.5 Å². The van der Waals surface area contributed by atoms with Crippen LogP contribution in [0.4, 0.5) is 0 Å². The van der Waals surface area contributed by atoms with Crippen molar-refractivity contribution in [2.45, 2.75) is 51.2 Å². The number of carboxylic acid groups (broad SMARTS) is 1. The van der Waals surface area contributed by atoms with Gasteiger partial charge in [-0.25, -0.2) is 9.97 Å². The third-order valence-electron chi connectivity index (χ3n) is 6.62. The highest BCUT2D eigenvalue weighted by atomic mass is 28.3. The first-order chi connectivity index (χ1) is 19.0. The van der Waals surface area contributed by atoms with Crippen LogP contribution in [0.5, 0.6) is 11.5 Å². The highest BCUT2D eigenvalue weighted by Gasteiger charge is 2.24. The molecule has 1 atom stereocenters. The number of H-pyrrole nitrogens is 1. The van der Waals surface area contributed by atoms with Gasteiger partial charge in [0.2, 0.25) is 0 Å². The molecular formula is C28H34N4O7Si. The molecule has 12 heteroatoms. The number of benzene rings is 2. The fourth-order valence-electron chi connectivity index (χ4n) is 4.35. The first-order valence-corrected chi connectivity index (χ1v) is 16.6. The van der Waals surface area contributed by atoms with Gasteiger partial charge in [-0.3, -0.25) is 19.0 Å². The van der Waals surface area contributed by atoms with Gasteiger partial charge in [-0.05, 0) is 42.4 Å². The average molecular weight is 567 g/mol. The minimum absolute atomic E-state index is 0.0332. The Morgan fingerprint density at radius 1 is 1.00 bits per heavy atom. The van der Waals surface area contributed by atoms with E-state index in [1.54, 1.807) is 36.4 Å². The lowest BCUT2D eigenvalue weighted by atomic mass is 9.99. The maximum atomic E-state index is 13.6. The van der Waals surface area contributed by atoms with Crippen LogP contribution in [-0.2, 0) is 22.7 Å². The molecule has 0 saturated carbocycles. The molecule has 2 heterocycles. The maximum absolute atomic E-state index is 13.6. The number of hydrogen-bond donors (Lipinski definition) is 2. The summed E-state index contributed by atoms with van der Waals surface area (Å²) in [5.41, 5.74) is 0.105. The van der Waals surface area contributed by atoms with Gasteiger partial charge in [-0.1, -0.05) is 19.6 Å².